The van der Waals surface area contributed by atoms with Crippen molar-refractivity contribution in [3.05, 3.63) is 35.4 Å². The van der Waals surface area contributed by atoms with Crippen LogP contribution < -0.4 is 5.32 Å². The Hall–Kier alpha value is -1.84. The van der Waals surface area contributed by atoms with Gasteiger partial charge in [0, 0.05) is 6.54 Å². The van der Waals surface area contributed by atoms with E-state index in [1.165, 1.54) is 18.9 Å². The van der Waals surface area contributed by atoms with Crippen molar-refractivity contribution in [1.82, 2.24) is 5.32 Å². The standard InChI is InChI=1S/C17H25NO3/c1-4-5-8-11-17(2,3)12-18-15(19)13-9-6-7-10-14(13)16(20)21/h6-7,9-10H,4-5,8,11-12H2,1-3H3,(H,18,19)(H,20,21). The Bertz CT molecular complexity index is 495. The molecule has 0 aliphatic heterocycles. The number of carbonyl (C=O) groups is 2. The fraction of sp³-hybridized carbons (Fsp3) is 0.529. The average Bonchev–Trinajstić information content (AvgIpc) is 2.45. The van der Waals surface area contributed by atoms with Gasteiger partial charge in [-0.3, -0.25) is 4.79 Å². The van der Waals surface area contributed by atoms with Gasteiger partial charge in [-0.1, -0.05) is 52.2 Å². The Morgan fingerprint density at radius 3 is 2.33 bits per heavy atom. The Morgan fingerprint density at radius 1 is 1.14 bits per heavy atom. The van der Waals surface area contributed by atoms with Crippen LogP contribution in [0.15, 0.2) is 24.3 Å². The zero-order chi connectivity index (χ0) is 15.9. The largest absolute Gasteiger partial charge is 0.478 e. The molecule has 1 aromatic rings. The maximum atomic E-state index is 12.2. The molecule has 0 atom stereocenters. The highest BCUT2D eigenvalue weighted by atomic mass is 16.4. The van der Waals surface area contributed by atoms with E-state index in [0.29, 0.717) is 6.54 Å². The Balaban J connectivity index is 2.64. The first-order valence-electron chi connectivity index (χ1n) is 7.48. The molecule has 1 amide bonds. The van der Waals surface area contributed by atoms with Crippen LogP contribution in [0.4, 0.5) is 0 Å². The number of hydrogen-bond acceptors (Lipinski definition) is 2. The first kappa shape index (κ1) is 17.2. The van der Waals surface area contributed by atoms with E-state index in [9.17, 15) is 9.59 Å². The molecule has 1 rings (SSSR count). The summed E-state index contributed by atoms with van der Waals surface area (Å²) in [4.78, 5) is 23.3. The first-order chi connectivity index (χ1) is 9.87. The van der Waals surface area contributed by atoms with Crippen LogP contribution in [0, 0.1) is 5.41 Å². The minimum Gasteiger partial charge on any atom is -0.478 e. The number of nitrogens with one attached hydrogen (secondary N) is 1. The predicted octanol–water partition coefficient (Wildman–Crippen LogP) is 3.72. The molecule has 1 aromatic carbocycles. The van der Waals surface area contributed by atoms with Gasteiger partial charge in [-0.05, 0) is 24.0 Å². The summed E-state index contributed by atoms with van der Waals surface area (Å²) in [6.07, 6.45) is 4.56. The van der Waals surface area contributed by atoms with Crippen LogP contribution >= 0.6 is 0 Å². The number of rotatable bonds is 8. The highest BCUT2D eigenvalue weighted by molar-refractivity contribution is 6.04. The van der Waals surface area contributed by atoms with Crippen molar-refractivity contribution in [2.75, 3.05) is 6.54 Å². The lowest BCUT2D eigenvalue weighted by atomic mass is 9.87. The molecular weight excluding hydrogens is 266 g/mol. The van der Waals surface area contributed by atoms with Crippen LogP contribution in [0.3, 0.4) is 0 Å². The maximum absolute atomic E-state index is 12.2. The quantitative estimate of drug-likeness (QED) is 0.717. The Labute approximate surface area is 126 Å². The van der Waals surface area contributed by atoms with Gasteiger partial charge >= 0.3 is 5.97 Å². The summed E-state index contributed by atoms with van der Waals surface area (Å²) < 4.78 is 0. The minimum atomic E-state index is -1.08. The monoisotopic (exact) mass is 291 g/mol. The Morgan fingerprint density at radius 2 is 1.76 bits per heavy atom. The van der Waals surface area contributed by atoms with Gasteiger partial charge < -0.3 is 10.4 Å². The molecule has 4 nitrogen and oxygen atoms in total. The van der Waals surface area contributed by atoms with Gasteiger partial charge in [0.25, 0.3) is 5.91 Å². The molecule has 0 bridgehead atoms. The molecule has 0 heterocycles. The molecule has 0 saturated heterocycles. The average molecular weight is 291 g/mol. The summed E-state index contributed by atoms with van der Waals surface area (Å²) in [7, 11) is 0. The lowest BCUT2D eigenvalue weighted by Gasteiger charge is -2.25. The summed E-state index contributed by atoms with van der Waals surface area (Å²) in [6.45, 7) is 6.94. The smallest absolute Gasteiger partial charge is 0.336 e. The van der Waals surface area contributed by atoms with Gasteiger partial charge in [0.1, 0.15) is 0 Å². The van der Waals surface area contributed by atoms with Crippen molar-refractivity contribution in [3.8, 4) is 0 Å². The van der Waals surface area contributed by atoms with Crippen molar-refractivity contribution < 1.29 is 14.7 Å². The van der Waals surface area contributed by atoms with Crippen molar-refractivity contribution in [3.63, 3.8) is 0 Å². The summed E-state index contributed by atoms with van der Waals surface area (Å²) in [5.74, 6) is -1.40. The second kappa shape index (κ2) is 7.81. The van der Waals surface area contributed by atoms with Gasteiger partial charge in [0.15, 0.2) is 0 Å². The van der Waals surface area contributed by atoms with Crippen LogP contribution in [0.5, 0.6) is 0 Å². The fourth-order valence-electron chi connectivity index (χ4n) is 2.22. The molecule has 21 heavy (non-hydrogen) atoms. The third kappa shape index (κ3) is 5.58. The molecule has 0 unspecified atom stereocenters. The molecule has 0 saturated carbocycles. The number of aromatic carboxylic acids is 1. The molecule has 0 aliphatic rings. The molecule has 0 radical (unpaired) electrons. The van der Waals surface area contributed by atoms with Crippen molar-refractivity contribution >= 4 is 11.9 Å². The number of unbranched alkanes of at least 4 members (excludes halogenated alkanes) is 2. The van der Waals surface area contributed by atoms with E-state index in [2.05, 4.69) is 26.1 Å². The maximum Gasteiger partial charge on any atom is 0.336 e. The van der Waals surface area contributed by atoms with Crippen molar-refractivity contribution in [1.29, 1.82) is 0 Å². The third-order valence-electron chi connectivity index (χ3n) is 3.59. The van der Waals surface area contributed by atoms with E-state index in [1.54, 1.807) is 18.2 Å². The van der Waals surface area contributed by atoms with Crippen LogP contribution in [0.2, 0.25) is 0 Å². The SMILES string of the molecule is CCCCCC(C)(C)CNC(=O)c1ccccc1C(=O)O. The number of hydrogen-bond donors (Lipinski definition) is 2. The minimum absolute atomic E-state index is 0.0169. The van der Waals surface area contributed by atoms with Crippen LogP contribution in [0.25, 0.3) is 0 Å². The molecule has 0 aromatic heterocycles. The van der Waals surface area contributed by atoms with E-state index in [1.807, 2.05) is 0 Å². The van der Waals surface area contributed by atoms with Gasteiger partial charge in [-0.2, -0.15) is 0 Å². The summed E-state index contributed by atoms with van der Waals surface area (Å²) in [5.41, 5.74) is 0.274. The van der Waals surface area contributed by atoms with E-state index < -0.39 is 5.97 Å². The van der Waals surface area contributed by atoms with Crippen LogP contribution in [-0.2, 0) is 0 Å². The molecule has 2 N–H and O–H groups in total. The van der Waals surface area contributed by atoms with Gasteiger partial charge in [-0.15, -0.1) is 0 Å². The highest BCUT2D eigenvalue weighted by Crippen LogP contribution is 2.23. The summed E-state index contributed by atoms with van der Waals surface area (Å²) in [6, 6.07) is 6.29. The topological polar surface area (TPSA) is 66.4 Å². The second-order valence-corrected chi connectivity index (χ2v) is 6.15. The lowest BCUT2D eigenvalue weighted by molar-refractivity contribution is 0.0690. The number of amides is 1. The molecule has 4 heteroatoms. The molecule has 0 spiro atoms. The van der Waals surface area contributed by atoms with Gasteiger partial charge in [-0.25, -0.2) is 4.79 Å². The Kier molecular flexibility index (Phi) is 6.40. The summed E-state index contributed by atoms with van der Waals surface area (Å²) >= 11 is 0. The normalized spacial score (nSPS) is 11.2. The van der Waals surface area contributed by atoms with Crippen molar-refractivity contribution in [2.45, 2.75) is 46.5 Å². The first-order valence-corrected chi connectivity index (χ1v) is 7.48. The highest BCUT2D eigenvalue weighted by Gasteiger charge is 2.21. The summed E-state index contributed by atoms with van der Waals surface area (Å²) in [5, 5.41) is 12.0. The van der Waals surface area contributed by atoms with Gasteiger partial charge in [0.05, 0.1) is 11.1 Å². The van der Waals surface area contributed by atoms with E-state index in [4.69, 9.17) is 5.11 Å². The number of carbonyl (C=O) groups excluding carboxylic acids is 1. The molecule has 0 aliphatic carbocycles. The number of benzene rings is 1. The number of carboxylic acid groups (broad SMARTS) is 1. The number of carboxylic acids is 1. The van der Waals surface area contributed by atoms with Crippen molar-refractivity contribution in [2.24, 2.45) is 5.41 Å². The fourth-order valence-corrected chi connectivity index (χ4v) is 2.22. The third-order valence-corrected chi connectivity index (χ3v) is 3.59. The van der Waals surface area contributed by atoms with E-state index in [0.717, 1.165) is 12.8 Å². The predicted molar refractivity (Wildman–Crippen MR) is 83.7 cm³/mol. The van der Waals surface area contributed by atoms with E-state index >= 15 is 0 Å². The van der Waals surface area contributed by atoms with E-state index in [-0.39, 0.29) is 22.4 Å². The van der Waals surface area contributed by atoms with Crippen LogP contribution in [-0.4, -0.2) is 23.5 Å². The van der Waals surface area contributed by atoms with Crippen LogP contribution in [0.1, 0.15) is 67.2 Å². The molecule has 0 fully saturated rings. The van der Waals surface area contributed by atoms with Gasteiger partial charge in [0.2, 0.25) is 0 Å². The lowest BCUT2D eigenvalue weighted by Crippen LogP contribution is -2.34. The molecule has 116 valence electrons. The zero-order valence-corrected chi connectivity index (χ0v) is 13.1. The molecular formula is C17H25NO3. The second-order valence-electron chi connectivity index (χ2n) is 6.15. The zero-order valence-electron chi connectivity index (χ0n) is 13.1.